The van der Waals surface area contributed by atoms with Crippen molar-refractivity contribution in [2.24, 2.45) is 0 Å². The van der Waals surface area contributed by atoms with E-state index in [-0.39, 0.29) is 17.7 Å². The van der Waals surface area contributed by atoms with Crippen LogP contribution in [0, 0.1) is 0 Å². The number of amides is 1. The quantitative estimate of drug-likeness (QED) is 0.881. The third kappa shape index (κ3) is 6.16. The summed E-state index contributed by atoms with van der Waals surface area (Å²) >= 11 is 0. The monoisotopic (exact) mass is 332 g/mol. The molecule has 1 aromatic rings. The van der Waals surface area contributed by atoms with Crippen molar-refractivity contribution in [3.8, 4) is 0 Å². The Morgan fingerprint density at radius 3 is 2.50 bits per heavy atom. The Bertz CT molecular complexity index is 582. The van der Waals surface area contributed by atoms with E-state index in [1.807, 2.05) is 20.8 Å². The fourth-order valence-electron chi connectivity index (χ4n) is 2.88. The van der Waals surface area contributed by atoms with Crippen molar-refractivity contribution in [3.05, 3.63) is 34.9 Å². The predicted octanol–water partition coefficient (Wildman–Crippen LogP) is 3.96. The molecule has 0 heterocycles. The van der Waals surface area contributed by atoms with Gasteiger partial charge in [-0.25, -0.2) is 4.79 Å². The van der Waals surface area contributed by atoms with Crippen LogP contribution in [0.1, 0.15) is 64.7 Å². The molecular formula is C20H32N2O2. The van der Waals surface area contributed by atoms with Crippen molar-refractivity contribution in [1.82, 2.24) is 10.6 Å². The van der Waals surface area contributed by atoms with Crippen LogP contribution in [0.2, 0.25) is 0 Å². The van der Waals surface area contributed by atoms with E-state index in [0.717, 1.165) is 25.8 Å². The third-order valence-electron chi connectivity index (χ3n) is 4.04. The van der Waals surface area contributed by atoms with Crippen molar-refractivity contribution < 1.29 is 9.53 Å². The highest BCUT2D eigenvalue weighted by Gasteiger charge is 2.23. The number of aryl methyl sites for hydroxylation is 1. The van der Waals surface area contributed by atoms with E-state index in [4.69, 9.17) is 4.74 Å². The maximum absolute atomic E-state index is 11.9. The van der Waals surface area contributed by atoms with E-state index in [9.17, 15) is 4.79 Å². The molecule has 0 bridgehead atoms. The van der Waals surface area contributed by atoms with Crippen LogP contribution >= 0.6 is 0 Å². The first-order valence-corrected chi connectivity index (χ1v) is 8.87. The molecule has 0 aromatic heterocycles. The second kappa shape index (κ2) is 7.14. The van der Waals surface area contributed by atoms with Gasteiger partial charge in [-0.2, -0.15) is 0 Å². The van der Waals surface area contributed by atoms with Gasteiger partial charge in [0.2, 0.25) is 0 Å². The van der Waals surface area contributed by atoms with Crippen LogP contribution in [-0.4, -0.2) is 23.3 Å². The van der Waals surface area contributed by atoms with Gasteiger partial charge in [0.15, 0.2) is 0 Å². The molecule has 0 fully saturated rings. The largest absolute Gasteiger partial charge is 0.444 e. The van der Waals surface area contributed by atoms with Gasteiger partial charge in [-0.15, -0.1) is 0 Å². The Balaban J connectivity index is 1.93. The summed E-state index contributed by atoms with van der Waals surface area (Å²) in [6.07, 6.45) is 2.52. The Kier molecular flexibility index (Phi) is 5.59. The lowest BCUT2D eigenvalue weighted by atomic mass is 9.87. The smallest absolute Gasteiger partial charge is 0.407 e. The minimum atomic E-state index is -0.453. The maximum atomic E-state index is 11.9. The average molecular weight is 332 g/mol. The minimum absolute atomic E-state index is 0.123. The lowest BCUT2D eigenvalue weighted by Gasteiger charge is -2.28. The Morgan fingerprint density at radius 2 is 1.88 bits per heavy atom. The Labute approximate surface area is 146 Å². The molecule has 0 spiro atoms. The fraction of sp³-hybridized carbons (Fsp3) is 0.650. The number of rotatable bonds is 3. The van der Waals surface area contributed by atoms with Gasteiger partial charge >= 0.3 is 6.09 Å². The summed E-state index contributed by atoms with van der Waals surface area (Å²) in [6.45, 7) is 13.1. The number of fused-ring (bicyclic) bond motifs is 1. The normalized spacial score (nSPS) is 18.0. The summed E-state index contributed by atoms with van der Waals surface area (Å²) in [6, 6.07) is 6.86. The van der Waals surface area contributed by atoms with Gasteiger partial charge in [-0.3, -0.25) is 0 Å². The fourth-order valence-corrected chi connectivity index (χ4v) is 2.88. The molecule has 0 saturated heterocycles. The van der Waals surface area contributed by atoms with Gasteiger partial charge < -0.3 is 15.4 Å². The lowest BCUT2D eigenvalue weighted by molar-refractivity contribution is 0.0500. The van der Waals surface area contributed by atoms with E-state index in [1.165, 1.54) is 16.7 Å². The molecule has 4 heteroatoms. The zero-order valence-corrected chi connectivity index (χ0v) is 16.0. The van der Waals surface area contributed by atoms with Gasteiger partial charge in [0.05, 0.1) is 0 Å². The molecule has 1 aliphatic rings. The molecule has 1 atom stereocenters. The van der Waals surface area contributed by atoms with Crippen LogP contribution < -0.4 is 10.6 Å². The van der Waals surface area contributed by atoms with Crippen molar-refractivity contribution in [3.63, 3.8) is 0 Å². The molecule has 2 N–H and O–H groups in total. The van der Waals surface area contributed by atoms with E-state index >= 15 is 0 Å². The first kappa shape index (κ1) is 18.8. The molecule has 4 nitrogen and oxygen atoms in total. The van der Waals surface area contributed by atoms with Gasteiger partial charge in [0.1, 0.15) is 5.60 Å². The summed E-state index contributed by atoms with van der Waals surface area (Å²) in [4.78, 5) is 11.9. The summed E-state index contributed by atoms with van der Waals surface area (Å²) in [5.41, 5.74) is 3.73. The molecule has 2 rings (SSSR count). The molecule has 0 aliphatic heterocycles. The SMILES string of the molecule is CC(C)(C)NCc1ccc2c(c1)CCC(NC(=O)OC(C)(C)C)C2. The number of hydrogen-bond acceptors (Lipinski definition) is 3. The number of carbonyl (C=O) groups is 1. The number of nitrogens with one attached hydrogen (secondary N) is 2. The van der Waals surface area contributed by atoms with Gasteiger partial charge in [-0.05, 0) is 77.5 Å². The first-order chi connectivity index (χ1) is 11.0. The number of alkyl carbamates (subject to hydrolysis) is 1. The second-order valence-electron chi connectivity index (χ2n) is 8.79. The van der Waals surface area contributed by atoms with Crippen molar-refractivity contribution in [2.45, 2.75) is 84.5 Å². The van der Waals surface area contributed by atoms with Crippen molar-refractivity contribution in [1.29, 1.82) is 0 Å². The zero-order valence-electron chi connectivity index (χ0n) is 16.0. The highest BCUT2D eigenvalue weighted by Crippen LogP contribution is 2.23. The van der Waals surface area contributed by atoms with Crippen LogP contribution in [0.25, 0.3) is 0 Å². The molecule has 1 amide bonds. The van der Waals surface area contributed by atoms with Crippen LogP contribution in [0.5, 0.6) is 0 Å². The number of carbonyl (C=O) groups excluding carboxylic acids is 1. The van der Waals surface area contributed by atoms with E-state index < -0.39 is 5.60 Å². The molecule has 1 unspecified atom stereocenters. The van der Waals surface area contributed by atoms with E-state index in [0.29, 0.717) is 0 Å². The Hall–Kier alpha value is -1.55. The standard InChI is InChI=1S/C20H32N2O2/c1-19(2,3)21-13-14-7-8-16-12-17(10-9-15(16)11-14)22-18(23)24-20(4,5)6/h7-8,11,17,21H,9-10,12-13H2,1-6H3,(H,22,23). The molecule has 0 radical (unpaired) electrons. The van der Waals surface area contributed by atoms with E-state index in [2.05, 4.69) is 49.6 Å². The number of hydrogen-bond donors (Lipinski definition) is 2. The number of benzene rings is 1. The molecule has 1 aliphatic carbocycles. The topological polar surface area (TPSA) is 50.4 Å². The molecule has 1 aromatic carbocycles. The van der Waals surface area contributed by atoms with Gasteiger partial charge in [0.25, 0.3) is 0 Å². The molecule has 134 valence electrons. The van der Waals surface area contributed by atoms with Crippen LogP contribution in [0.4, 0.5) is 4.79 Å². The lowest BCUT2D eigenvalue weighted by Crippen LogP contribution is -2.41. The second-order valence-corrected chi connectivity index (χ2v) is 8.79. The van der Waals surface area contributed by atoms with E-state index in [1.54, 1.807) is 0 Å². The summed E-state index contributed by atoms with van der Waals surface area (Å²) in [5.74, 6) is 0. The van der Waals surface area contributed by atoms with Gasteiger partial charge in [0, 0.05) is 18.1 Å². The van der Waals surface area contributed by atoms with Crippen LogP contribution in [0.15, 0.2) is 18.2 Å². The van der Waals surface area contributed by atoms with Crippen molar-refractivity contribution in [2.75, 3.05) is 0 Å². The summed E-state index contributed by atoms with van der Waals surface area (Å²) < 4.78 is 5.35. The zero-order chi connectivity index (χ0) is 18.0. The first-order valence-electron chi connectivity index (χ1n) is 8.87. The van der Waals surface area contributed by atoms with Crippen LogP contribution in [-0.2, 0) is 24.1 Å². The average Bonchev–Trinajstić information content (AvgIpc) is 2.42. The van der Waals surface area contributed by atoms with Crippen molar-refractivity contribution >= 4 is 6.09 Å². The highest BCUT2D eigenvalue weighted by atomic mass is 16.6. The molecule has 0 saturated carbocycles. The minimum Gasteiger partial charge on any atom is -0.444 e. The summed E-state index contributed by atoms with van der Waals surface area (Å²) in [5, 5.41) is 6.53. The number of ether oxygens (including phenoxy) is 1. The molecular weight excluding hydrogens is 300 g/mol. The Morgan fingerprint density at radius 1 is 1.17 bits per heavy atom. The third-order valence-corrected chi connectivity index (χ3v) is 4.04. The maximum Gasteiger partial charge on any atom is 0.407 e. The van der Waals surface area contributed by atoms with Gasteiger partial charge in [-0.1, -0.05) is 18.2 Å². The molecule has 24 heavy (non-hydrogen) atoms. The predicted molar refractivity (Wildman–Crippen MR) is 98.2 cm³/mol. The summed E-state index contributed by atoms with van der Waals surface area (Å²) in [7, 11) is 0. The highest BCUT2D eigenvalue weighted by molar-refractivity contribution is 5.68. The van der Waals surface area contributed by atoms with Crippen LogP contribution in [0.3, 0.4) is 0 Å².